The second-order valence-electron chi connectivity index (χ2n) is 5.65. The number of nitrogens with zero attached hydrogens (tertiary/aromatic N) is 1. The first-order chi connectivity index (χ1) is 12.5. The molecular weight excluding hydrogens is 332 g/mol. The number of aryl methyl sites for hydroxylation is 1. The molecule has 0 saturated heterocycles. The van der Waals surface area contributed by atoms with Crippen LogP contribution in [-0.2, 0) is 20.7 Å². The van der Waals surface area contributed by atoms with Crippen molar-refractivity contribution in [2.75, 3.05) is 11.9 Å². The van der Waals surface area contributed by atoms with E-state index in [1.54, 1.807) is 48.5 Å². The minimum absolute atomic E-state index is 0.153. The smallest absolute Gasteiger partial charge is 0.306 e. The summed E-state index contributed by atoms with van der Waals surface area (Å²) in [4.78, 5) is 34.8. The van der Waals surface area contributed by atoms with Crippen LogP contribution in [0.25, 0.3) is 0 Å². The topological polar surface area (TPSA) is 96.3 Å². The van der Waals surface area contributed by atoms with Gasteiger partial charge >= 0.3 is 5.97 Å². The summed E-state index contributed by atoms with van der Waals surface area (Å²) in [6.07, 6.45) is 0.630. The van der Waals surface area contributed by atoms with E-state index >= 15 is 0 Å². The highest BCUT2D eigenvalue weighted by Gasteiger charge is 2.10. The van der Waals surface area contributed by atoms with Crippen LogP contribution < -0.4 is 5.32 Å². The van der Waals surface area contributed by atoms with Crippen LogP contribution in [0.5, 0.6) is 0 Å². The molecule has 1 amide bonds. The van der Waals surface area contributed by atoms with Crippen LogP contribution in [0.1, 0.15) is 34.8 Å². The number of amides is 1. The maximum absolute atomic E-state index is 12.0. The molecule has 6 nitrogen and oxygen atoms in total. The molecule has 132 valence electrons. The number of rotatable bonds is 7. The van der Waals surface area contributed by atoms with Crippen molar-refractivity contribution in [3.8, 4) is 6.07 Å². The molecule has 0 aliphatic rings. The first kappa shape index (κ1) is 18.9. The average molecular weight is 350 g/mol. The van der Waals surface area contributed by atoms with E-state index in [1.165, 1.54) is 6.92 Å². The van der Waals surface area contributed by atoms with Crippen LogP contribution >= 0.6 is 0 Å². The third-order valence-electron chi connectivity index (χ3n) is 3.59. The summed E-state index contributed by atoms with van der Waals surface area (Å²) in [5, 5.41) is 11.3. The second-order valence-corrected chi connectivity index (χ2v) is 5.65. The van der Waals surface area contributed by atoms with Crippen LogP contribution in [0, 0.1) is 11.3 Å². The molecule has 0 heterocycles. The Morgan fingerprint density at radius 3 is 2.27 bits per heavy atom. The molecule has 1 N–H and O–H groups in total. The van der Waals surface area contributed by atoms with Gasteiger partial charge in [0.25, 0.3) is 0 Å². The van der Waals surface area contributed by atoms with Gasteiger partial charge in [-0.3, -0.25) is 14.4 Å². The van der Waals surface area contributed by atoms with Gasteiger partial charge in [-0.05, 0) is 48.4 Å². The SMILES string of the molecule is CC(=O)Nc1ccc(C(=O)COC(=O)CCc2ccc(C#N)cc2)cc1. The van der Waals surface area contributed by atoms with Gasteiger partial charge in [-0.1, -0.05) is 12.1 Å². The number of hydrogen-bond acceptors (Lipinski definition) is 5. The van der Waals surface area contributed by atoms with Crippen LogP contribution in [0.3, 0.4) is 0 Å². The molecule has 0 bridgehead atoms. The van der Waals surface area contributed by atoms with E-state index in [1.807, 2.05) is 6.07 Å². The van der Waals surface area contributed by atoms with E-state index in [-0.39, 0.29) is 24.7 Å². The number of carbonyl (C=O) groups excluding carboxylic acids is 3. The first-order valence-electron chi connectivity index (χ1n) is 8.03. The van der Waals surface area contributed by atoms with E-state index in [2.05, 4.69) is 5.32 Å². The van der Waals surface area contributed by atoms with Crippen LogP contribution in [0.15, 0.2) is 48.5 Å². The van der Waals surface area contributed by atoms with Crippen molar-refractivity contribution in [3.05, 3.63) is 65.2 Å². The maximum atomic E-state index is 12.0. The summed E-state index contributed by atoms with van der Waals surface area (Å²) in [5.74, 6) is -0.969. The molecule has 6 heteroatoms. The largest absolute Gasteiger partial charge is 0.457 e. The lowest BCUT2D eigenvalue weighted by Gasteiger charge is -2.06. The summed E-state index contributed by atoms with van der Waals surface area (Å²) in [7, 11) is 0. The molecule has 0 radical (unpaired) electrons. The summed E-state index contributed by atoms with van der Waals surface area (Å²) < 4.78 is 5.01. The van der Waals surface area contributed by atoms with Gasteiger partial charge in [-0.25, -0.2) is 0 Å². The van der Waals surface area contributed by atoms with Crippen molar-refractivity contribution in [1.29, 1.82) is 5.26 Å². The average Bonchev–Trinajstić information content (AvgIpc) is 2.65. The normalized spacial score (nSPS) is 9.85. The Morgan fingerprint density at radius 2 is 1.69 bits per heavy atom. The minimum atomic E-state index is -0.461. The summed E-state index contributed by atoms with van der Waals surface area (Å²) >= 11 is 0. The molecule has 0 fully saturated rings. The fourth-order valence-corrected chi connectivity index (χ4v) is 2.24. The molecule has 2 rings (SSSR count). The van der Waals surface area contributed by atoms with Crippen LogP contribution in [0.4, 0.5) is 5.69 Å². The van der Waals surface area contributed by atoms with Gasteiger partial charge in [-0.15, -0.1) is 0 Å². The van der Waals surface area contributed by atoms with E-state index < -0.39 is 5.97 Å². The third kappa shape index (κ3) is 5.87. The standard InChI is InChI=1S/C20H18N2O4/c1-14(23)22-18-9-7-17(8-10-18)19(24)13-26-20(25)11-6-15-2-4-16(12-21)5-3-15/h2-5,7-10H,6,11,13H2,1H3,(H,22,23). The molecule has 0 spiro atoms. The molecule has 0 unspecified atom stereocenters. The number of ether oxygens (including phenoxy) is 1. The van der Waals surface area contributed by atoms with Crippen molar-refractivity contribution in [2.24, 2.45) is 0 Å². The number of benzene rings is 2. The Hall–Kier alpha value is -3.46. The Labute approximate surface area is 151 Å². The van der Waals surface area contributed by atoms with E-state index in [0.29, 0.717) is 23.2 Å². The Balaban J connectivity index is 1.78. The molecule has 0 saturated carbocycles. The molecule has 2 aromatic rings. The van der Waals surface area contributed by atoms with Crippen LogP contribution in [-0.4, -0.2) is 24.3 Å². The maximum Gasteiger partial charge on any atom is 0.306 e. The van der Waals surface area contributed by atoms with Gasteiger partial charge in [-0.2, -0.15) is 5.26 Å². The van der Waals surface area contributed by atoms with Gasteiger partial charge in [0.05, 0.1) is 11.6 Å². The monoisotopic (exact) mass is 350 g/mol. The Bertz CT molecular complexity index is 834. The van der Waals surface area contributed by atoms with Crippen molar-refractivity contribution in [3.63, 3.8) is 0 Å². The zero-order valence-electron chi connectivity index (χ0n) is 14.3. The molecule has 0 atom stereocenters. The van der Waals surface area contributed by atoms with Gasteiger partial charge in [0, 0.05) is 24.6 Å². The highest BCUT2D eigenvalue weighted by molar-refractivity contribution is 5.98. The fraction of sp³-hybridized carbons (Fsp3) is 0.200. The number of Topliss-reactive ketones (excluding diaryl/α,β-unsaturated/α-hetero) is 1. The lowest BCUT2D eigenvalue weighted by molar-refractivity contribution is -0.142. The lowest BCUT2D eigenvalue weighted by atomic mass is 10.1. The quantitative estimate of drug-likeness (QED) is 0.612. The molecule has 2 aromatic carbocycles. The predicted octanol–water partition coefficient (Wildman–Crippen LogP) is 2.88. The molecule has 0 aliphatic carbocycles. The number of nitrogens with one attached hydrogen (secondary N) is 1. The summed E-state index contributed by atoms with van der Waals surface area (Å²) in [6, 6.07) is 15.3. The molecular formula is C20H18N2O4. The van der Waals surface area contributed by atoms with Crippen LogP contribution in [0.2, 0.25) is 0 Å². The molecule has 0 aromatic heterocycles. The fourth-order valence-electron chi connectivity index (χ4n) is 2.24. The number of ketones is 1. The summed E-state index contributed by atoms with van der Waals surface area (Å²) in [5.41, 5.74) is 2.47. The Kier molecular flexibility index (Phi) is 6.63. The van der Waals surface area contributed by atoms with Gasteiger partial charge in [0.1, 0.15) is 0 Å². The zero-order valence-corrected chi connectivity index (χ0v) is 14.3. The number of hydrogen-bond donors (Lipinski definition) is 1. The third-order valence-corrected chi connectivity index (χ3v) is 3.59. The second kappa shape index (κ2) is 9.14. The van der Waals surface area contributed by atoms with Gasteiger partial charge < -0.3 is 10.1 Å². The number of esters is 1. The highest BCUT2D eigenvalue weighted by Crippen LogP contribution is 2.11. The van der Waals surface area contributed by atoms with E-state index in [4.69, 9.17) is 10.00 Å². The number of carbonyl (C=O) groups is 3. The van der Waals surface area contributed by atoms with Crippen molar-refractivity contribution < 1.29 is 19.1 Å². The highest BCUT2D eigenvalue weighted by atomic mass is 16.5. The zero-order chi connectivity index (χ0) is 18.9. The molecule has 0 aliphatic heterocycles. The van der Waals surface area contributed by atoms with Gasteiger partial charge in [0.15, 0.2) is 12.4 Å². The number of nitriles is 1. The number of anilines is 1. The van der Waals surface area contributed by atoms with E-state index in [0.717, 1.165) is 5.56 Å². The predicted molar refractivity (Wildman–Crippen MR) is 95.5 cm³/mol. The van der Waals surface area contributed by atoms with Gasteiger partial charge in [0.2, 0.25) is 5.91 Å². The Morgan fingerprint density at radius 1 is 1.04 bits per heavy atom. The molecule has 26 heavy (non-hydrogen) atoms. The minimum Gasteiger partial charge on any atom is -0.457 e. The van der Waals surface area contributed by atoms with E-state index in [9.17, 15) is 14.4 Å². The lowest BCUT2D eigenvalue weighted by Crippen LogP contribution is -2.14. The van der Waals surface area contributed by atoms with Crippen molar-refractivity contribution >= 4 is 23.3 Å². The van der Waals surface area contributed by atoms with Crippen molar-refractivity contribution in [1.82, 2.24) is 0 Å². The summed E-state index contributed by atoms with van der Waals surface area (Å²) in [6.45, 7) is 1.07. The first-order valence-corrected chi connectivity index (χ1v) is 8.03. The van der Waals surface area contributed by atoms with Crippen molar-refractivity contribution in [2.45, 2.75) is 19.8 Å².